The van der Waals surface area contributed by atoms with Crippen LogP contribution >= 0.6 is 15.9 Å². The van der Waals surface area contributed by atoms with Gasteiger partial charge in [-0.05, 0) is 28.1 Å². The fraction of sp³-hybridized carbons (Fsp3) is 0. The third-order valence-electron chi connectivity index (χ3n) is 2.44. The van der Waals surface area contributed by atoms with Gasteiger partial charge < -0.3 is 10.5 Å². The number of anilines is 1. The highest BCUT2D eigenvalue weighted by Crippen LogP contribution is 2.33. The molecule has 0 unspecified atom stereocenters. The number of hydrogen-bond donors (Lipinski definition) is 1. The van der Waals surface area contributed by atoms with Gasteiger partial charge in [0.15, 0.2) is 23.1 Å². The molecule has 0 bridgehead atoms. The molecule has 0 radical (unpaired) electrons. The van der Waals surface area contributed by atoms with Crippen LogP contribution in [0.2, 0.25) is 0 Å². The maximum atomic E-state index is 13.9. The van der Waals surface area contributed by atoms with E-state index in [1.165, 1.54) is 6.07 Å². The molecule has 0 aliphatic heterocycles. The standard InChI is InChI=1S/C13H6BrF3N2O/c14-12-6(5-18)1-2-10(13(12)17)20-11-4-7(15)9(19)3-8(11)16/h1-4H,19H2. The Hall–Kier alpha value is -2.20. The van der Waals surface area contributed by atoms with Crippen molar-refractivity contribution in [2.24, 2.45) is 0 Å². The van der Waals surface area contributed by atoms with E-state index in [4.69, 9.17) is 15.7 Å². The fourth-order valence-corrected chi connectivity index (χ4v) is 1.85. The van der Waals surface area contributed by atoms with Crippen LogP contribution in [0.4, 0.5) is 18.9 Å². The number of nitrogens with zero attached hydrogens (tertiary/aromatic N) is 1. The lowest BCUT2D eigenvalue weighted by molar-refractivity contribution is 0.409. The number of benzene rings is 2. The molecule has 2 aromatic carbocycles. The second kappa shape index (κ2) is 5.43. The minimum Gasteiger partial charge on any atom is -0.451 e. The SMILES string of the molecule is N#Cc1ccc(Oc2cc(F)c(N)cc2F)c(F)c1Br. The molecule has 20 heavy (non-hydrogen) atoms. The Labute approximate surface area is 120 Å². The number of nitriles is 1. The van der Waals surface area contributed by atoms with Gasteiger partial charge in [0, 0.05) is 12.1 Å². The van der Waals surface area contributed by atoms with E-state index in [2.05, 4.69) is 15.9 Å². The summed E-state index contributed by atoms with van der Waals surface area (Å²) >= 11 is 2.88. The summed E-state index contributed by atoms with van der Waals surface area (Å²) in [6.45, 7) is 0. The monoisotopic (exact) mass is 342 g/mol. The topological polar surface area (TPSA) is 59.0 Å². The van der Waals surface area contributed by atoms with Crippen molar-refractivity contribution in [3.05, 3.63) is 51.8 Å². The molecule has 0 saturated carbocycles. The summed E-state index contributed by atoms with van der Waals surface area (Å²) in [5, 5.41) is 8.72. The lowest BCUT2D eigenvalue weighted by atomic mass is 10.2. The third-order valence-corrected chi connectivity index (χ3v) is 3.21. The first-order valence-electron chi connectivity index (χ1n) is 5.24. The van der Waals surface area contributed by atoms with Crippen molar-refractivity contribution in [2.45, 2.75) is 0 Å². The van der Waals surface area contributed by atoms with Crippen molar-refractivity contribution in [3.8, 4) is 17.6 Å². The van der Waals surface area contributed by atoms with Crippen LogP contribution in [-0.2, 0) is 0 Å². The smallest absolute Gasteiger partial charge is 0.181 e. The second-order valence-corrected chi connectivity index (χ2v) is 4.55. The normalized spacial score (nSPS) is 10.2. The van der Waals surface area contributed by atoms with Crippen LogP contribution in [0.25, 0.3) is 0 Å². The van der Waals surface area contributed by atoms with E-state index in [1.54, 1.807) is 6.07 Å². The van der Waals surface area contributed by atoms with Gasteiger partial charge in [0.2, 0.25) is 0 Å². The molecule has 0 spiro atoms. The first kappa shape index (κ1) is 14.2. The van der Waals surface area contributed by atoms with Gasteiger partial charge >= 0.3 is 0 Å². The molecule has 0 aliphatic carbocycles. The lowest BCUT2D eigenvalue weighted by Gasteiger charge is -2.10. The summed E-state index contributed by atoms with van der Waals surface area (Å²) in [4.78, 5) is 0. The Morgan fingerprint density at radius 3 is 2.45 bits per heavy atom. The van der Waals surface area contributed by atoms with Gasteiger partial charge in [-0.25, -0.2) is 13.2 Å². The maximum absolute atomic E-state index is 13.9. The number of nitrogen functional groups attached to an aromatic ring is 1. The molecule has 0 aliphatic rings. The second-order valence-electron chi connectivity index (χ2n) is 3.76. The van der Waals surface area contributed by atoms with Gasteiger partial charge in [-0.3, -0.25) is 0 Å². The quantitative estimate of drug-likeness (QED) is 0.835. The first-order valence-corrected chi connectivity index (χ1v) is 6.03. The van der Waals surface area contributed by atoms with Gasteiger partial charge in [0.05, 0.1) is 15.7 Å². The third kappa shape index (κ3) is 2.56. The average molecular weight is 343 g/mol. The lowest BCUT2D eigenvalue weighted by Crippen LogP contribution is -1.97. The number of halogens is 4. The van der Waals surface area contributed by atoms with Gasteiger partial charge in [-0.2, -0.15) is 5.26 Å². The summed E-state index contributed by atoms with van der Waals surface area (Å²) in [5.41, 5.74) is 4.86. The molecule has 7 heteroatoms. The number of ether oxygens (including phenoxy) is 1. The van der Waals surface area contributed by atoms with Gasteiger partial charge in [-0.1, -0.05) is 0 Å². The van der Waals surface area contributed by atoms with Crippen LogP contribution in [0.1, 0.15) is 5.56 Å². The molecule has 3 nitrogen and oxygen atoms in total. The molecule has 2 aromatic rings. The Morgan fingerprint density at radius 2 is 1.80 bits per heavy atom. The van der Waals surface area contributed by atoms with Crippen LogP contribution in [-0.4, -0.2) is 0 Å². The summed E-state index contributed by atoms with van der Waals surface area (Å²) in [6, 6.07) is 5.65. The van der Waals surface area contributed by atoms with Crippen LogP contribution in [0.15, 0.2) is 28.7 Å². The average Bonchev–Trinajstić information content (AvgIpc) is 2.41. The largest absolute Gasteiger partial charge is 0.451 e. The summed E-state index contributed by atoms with van der Waals surface area (Å²) in [6.07, 6.45) is 0. The van der Waals surface area contributed by atoms with E-state index in [0.29, 0.717) is 0 Å². The molecule has 0 fully saturated rings. The van der Waals surface area contributed by atoms with Gasteiger partial charge in [-0.15, -0.1) is 0 Å². The van der Waals surface area contributed by atoms with E-state index >= 15 is 0 Å². The van der Waals surface area contributed by atoms with Crippen molar-refractivity contribution in [1.29, 1.82) is 5.26 Å². The highest BCUT2D eigenvalue weighted by molar-refractivity contribution is 9.10. The number of rotatable bonds is 2. The Morgan fingerprint density at radius 1 is 1.10 bits per heavy atom. The zero-order valence-electron chi connectivity index (χ0n) is 9.75. The molecule has 0 heterocycles. The van der Waals surface area contributed by atoms with E-state index in [-0.39, 0.29) is 21.5 Å². The molecular weight excluding hydrogens is 337 g/mol. The van der Waals surface area contributed by atoms with E-state index < -0.39 is 23.2 Å². The molecule has 0 aromatic heterocycles. The highest BCUT2D eigenvalue weighted by Gasteiger charge is 2.16. The van der Waals surface area contributed by atoms with Crippen LogP contribution in [0.5, 0.6) is 11.5 Å². The first-order chi connectivity index (χ1) is 9.43. The number of nitrogens with two attached hydrogens (primary N) is 1. The Balaban J connectivity index is 2.44. The molecule has 2 N–H and O–H groups in total. The van der Waals surface area contributed by atoms with Crippen molar-refractivity contribution in [3.63, 3.8) is 0 Å². The summed E-state index contributed by atoms with van der Waals surface area (Å²) < 4.78 is 45.5. The molecule has 0 saturated heterocycles. The van der Waals surface area contributed by atoms with Crippen molar-refractivity contribution in [2.75, 3.05) is 5.73 Å². The van der Waals surface area contributed by atoms with Crippen LogP contribution < -0.4 is 10.5 Å². The zero-order chi connectivity index (χ0) is 14.9. The van der Waals surface area contributed by atoms with E-state index in [9.17, 15) is 13.2 Å². The molecule has 0 atom stereocenters. The maximum Gasteiger partial charge on any atom is 0.181 e. The summed E-state index contributed by atoms with van der Waals surface area (Å²) in [7, 11) is 0. The van der Waals surface area contributed by atoms with Crippen LogP contribution in [0.3, 0.4) is 0 Å². The summed E-state index contributed by atoms with van der Waals surface area (Å²) in [5.74, 6) is -3.55. The van der Waals surface area contributed by atoms with Crippen LogP contribution in [0, 0.1) is 28.8 Å². The minimum absolute atomic E-state index is 0.0545. The predicted octanol–water partition coefficient (Wildman–Crippen LogP) is 4.11. The van der Waals surface area contributed by atoms with E-state index in [1.807, 2.05) is 0 Å². The zero-order valence-corrected chi connectivity index (χ0v) is 11.3. The molecular formula is C13H6BrF3N2O. The van der Waals surface area contributed by atoms with Crippen molar-refractivity contribution < 1.29 is 17.9 Å². The highest BCUT2D eigenvalue weighted by atomic mass is 79.9. The Kier molecular flexibility index (Phi) is 3.86. The fourth-order valence-electron chi connectivity index (χ4n) is 1.44. The van der Waals surface area contributed by atoms with Crippen molar-refractivity contribution in [1.82, 2.24) is 0 Å². The van der Waals surface area contributed by atoms with E-state index in [0.717, 1.165) is 18.2 Å². The predicted molar refractivity (Wildman–Crippen MR) is 69.7 cm³/mol. The number of hydrogen-bond acceptors (Lipinski definition) is 3. The molecule has 2 rings (SSSR count). The van der Waals surface area contributed by atoms with Gasteiger partial charge in [0.1, 0.15) is 11.9 Å². The van der Waals surface area contributed by atoms with Gasteiger partial charge in [0.25, 0.3) is 0 Å². The Bertz CT molecular complexity index is 729. The minimum atomic E-state index is -0.927. The molecule has 102 valence electrons. The molecule has 0 amide bonds. The van der Waals surface area contributed by atoms with Crippen molar-refractivity contribution >= 4 is 21.6 Å².